The summed E-state index contributed by atoms with van der Waals surface area (Å²) in [5.74, 6) is 1.43. The molecule has 3 rings (SSSR count). The van der Waals surface area contributed by atoms with E-state index in [1.54, 1.807) is 0 Å². The van der Waals surface area contributed by atoms with Crippen LogP contribution in [-0.2, 0) is 0 Å². The lowest BCUT2D eigenvalue weighted by Gasteiger charge is -2.45. The molecular formula is C18H25N5O. The van der Waals surface area contributed by atoms with Gasteiger partial charge < -0.3 is 16.2 Å². The molecule has 0 saturated heterocycles. The summed E-state index contributed by atoms with van der Waals surface area (Å²) in [5.41, 5.74) is 13.6. The fourth-order valence-corrected chi connectivity index (χ4v) is 3.41. The van der Waals surface area contributed by atoms with Gasteiger partial charge in [0.2, 0.25) is 11.9 Å². The zero-order chi connectivity index (χ0) is 17.2. The minimum atomic E-state index is -0.429. The van der Waals surface area contributed by atoms with Crippen molar-refractivity contribution >= 4 is 17.6 Å². The van der Waals surface area contributed by atoms with Gasteiger partial charge in [-0.1, -0.05) is 19.1 Å². The fourth-order valence-electron chi connectivity index (χ4n) is 3.41. The molecule has 2 aliphatic rings. The second-order valence-electron chi connectivity index (χ2n) is 6.56. The van der Waals surface area contributed by atoms with Crippen LogP contribution in [0.3, 0.4) is 0 Å². The Kier molecular flexibility index (Phi) is 4.46. The predicted octanol–water partition coefficient (Wildman–Crippen LogP) is 2.75. The molecule has 1 aromatic rings. The molecule has 0 amide bonds. The van der Waals surface area contributed by atoms with Gasteiger partial charge >= 0.3 is 0 Å². The van der Waals surface area contributed by atoms with E-state index in [0.29, 0.717) is 12.6 Å². The van der Waals surface area contributed by atoms with Gasteiger partial charge in [0.25, 0.3) is 0 Å². The Morgan fingerprint density at radius 1 is 1.29 bits per heavy atom. The number of rotatable bonds is 4. The molecule has 1 aromatic carbocycles. The van der Waals surface area contributed by atoms with Crippen LogP contribution in [0.5, 0.6) is 5.75 Å². The first kappa shape index (κ1) is 16.4. The third-order valence-corrected chi connectivity index (χ3v) is 4.41. The average Bonchev–Trinajstić information content (AvgIpc) is 2.53. The number of ether oxygens (including phenoxy) is 1. The highest BCUT2D eigenvalue weighted by Crippen LogP contribution is 2.40. The number of guanidine groups is 2. The Hall–Kier alpha value is -2.50. The van der Waals surface area contributed by atoms with Crippen molar-refractivity contribution in [2.24, 2.45) is 21.5 Å². The van der Waals surface area contributed by atoms with Gasteiger partial charge in [-0.05, 0) is 50.3 Å². The maximum atomic E-state index is 6.24. The van der Waals surface area contributed by atoms with Gasteiger partial charge in [0, 0.05) is 11.8 Å². The molecule has 0 bridgehead atoms. The maximum absolute atomic E-state index is 6.24. The summed E-state index contributed by atoms with van der Waals surface area (Å²) < 4.78 is 5.76. The van der Waals surface area contributed by atoms with Crippen molar-refractivity contribution in [1.82, 2.24) is 0 Å². The highest BCUT2D eigenvalue weighted by Gasteiger charge is 2.42. The van der Waals surface area contributed by atoms with Crippen LogP contribution < -0.4 is 21.1 Å². The first-order valence-corrected chi connectivity index (χ1v) is 8.37. The van der Waals surface area contributed by atoms with Gasteiger partial charge in [0.1, 0.15) is 18.0 Å². The average molecular weight is 327 g/mol. The second kappa shape index (κ2) is 6.55. The molecule has 0 aromatic heterocycles. The standard InChI is InChI=1S/C18H25N5O/c1-13(2)12-24-15-8-6-7-14(11-15)23-17(20)21-16(19)22-18(23)9-4-3-5-10-18/h6-8,11H,1,3-5,9-10,12H2,2H3,(H4,19,20,21,22). The highest BCUT2D eigenvalue weighted by atomic mass is 16.5. The summed E-state index contributed by atoms with van der Waals surface area (Å²) in [7, 11) is 0. The first-order valence-electron chi connectivity index (χ1n) is 8.37. The van der Waals surface area contributed by atoms with Gasteiger partial charge in [-0.3, -0.25) is 4.90 Å². The van der Waals surface area contributed by atoms with E-state index in [-0.39, 0.29) is 5.96 Å². The van der Waals surface area contributed by atoms with Gasteiger partial charge in [-0.2, -0.15) is 4.99 Å². The normalized spacial score (nSPS) is 19.6. The van der Waals surface area contributed by atoms with E-state index in [2.05, 4.69) is 16.6 Å². The van der Waals surface area contributed by atoms with E-state index in [1.807, 2.05) is 36.1 Å². The molecule has 0 atom stereocenters. The minimum Gasteiger partial charge on any atom is -0.489 e. The van der Waals surface area contributed by atoms with Crippen molar-refractivity contribution in [2.75, 3.05) is 11.5 Å². The fraction of sp³-hybridized carbons (Fsp3) is 0.444. The van der Waals surface area contributed by atoms with Crippen molar-refractivity contribution in [3.05, 3.63) is 36.4 Å². The van der Waals surface area contributed by atoms with Crippen LogP contribution in [0, 0.1) is 0 Å². The molecule has 4 N–H and O–H groups in total. The highest BCUT2D eigenvalue weighted by molar-refractivity contribution is 6.05. The molecule has 1 saturated carbocycles. The number of hydrogen-bond acceptors (Lipinski definition) is 6. The molecule has 6 nitrogen and oxygen atoms in total. The smallest absolute Gasteiger partial charge is 0.220 e. The van der Waals surface area contributed by atoms with Crippen LogP contribution in [0.15, 0.2) is 46.4 Å². The summed E-state index contributed by atoms with van der Waals surface area (Å²) in [6.45, 7) is 6.29. The Bertz CT molecular complexity index is 688. The molecule has 1 heterocycles. The predicted molar refractivity (Wildman–Crippen MR) is 98.3 cm³/mol. The van der Waals surface area contributed by atoms with E-state index in [4.69, 9.17) is 16.2 Å². The number of nitrogens with two attached hydrogens (primary N) is 2. The van der Waals surface area contributed by atoms with Gasteiger partial charge in [0.15, 0.2) is 0 Å². The molecule has 0 unspecified atom stereocenters. The number of hydrogen-bond donors (Lipinski definition) is 2. The summed E-state index contributed by atoms with van der Waals surface area (Å²) in [6, 6.07) is 7.85. The van der Waals surface area contributed by atoms with Crippen LogP contribution in [-0.4, -0.2) is 24.2 Å². The zero-order valence-corrected chi connectivity index (χ0v) is 14.2. The maximum Gasteiger partial charge on any atom is 0.220 e. The Labute approximate surface area is 142 Å². The van der Waals surface area contributed by atoms with Crippen molar-refractivity contribution < 1.29 is 4.74 Å². The van der Waals surface area contributed by atoms with Crippen molar-refractivity contribution in [2.45, 2.75) is 44.7 Å². The lowest BCUT2D eigenvalue weighted by molar-refractivity contribution is 0.305. The number of nitrogens with zero attached hydrogens (tertiary/aromatic N) is 3. The van der Waals surface area contributed by atoms with Crippen LogP contribution >= 0.6 is 0 Å². The third kappa shape index (κ3) is 3.22. The van der Waals surface area contributed by atoms with Crippen LogP contribution in [0.1, 0.15) is 39.0 Å². The van der Waals surface area contributed by atoms with Gasteiger partial charge in [-0.15, -0.1) is 0 Å². The first-order chi connectivity index (χ1) is 11.5. The van der Waals surface area contributed by atoms with Gasteiger partial charge in [0.05, 0.1) is 0 Å². The molecule has 1 spiro atoms. The number of aliphatic imine (C=N–C) groups is 2. The van der Waals surface area contributed by atoms with Crippen molar-refractivity contribution in [3.63, 3.8) is 0 Å². The van der Waals surface area contributed by atoms with E-state index >= 15 is 0 Å². The summed E-state index contributed by atoms with van der Waals surface area (Å²) in [6.07, 6.45) is 5.25. The van der Waals surface area contributed by atoms with Crippen LogP contribution in [0.2, 0.25) is 0 Å². The van der Waals surface area contributed by atoms with Crippen LogP contribution in [0.4, 0.5) is 5.69 Å². The molecule has 1 aliphatic heterocycles. The molecule has 0 radical (unpaired) electrons. The molecule has 1 fully saturated rings. The molecular weight excluding hydrogens is 302 g/mol. The Morgan fingerprint density at radius 3 is 2.75 bits per heavy atom. The molecule has 1 aliphatic carbocycles. The molecule has 24 heavy (non-hydrogen) atoms. The summed E-state index contributed by atoms with van der Waals surface area (Å²) in [4.78, 5) is 10.9. The van der Waals surface area contributed by atoms with E-state index < -0.39 is 5.66 Å². The third-order valence-electron chi connectivity index (χ3n) is 4.41. The summed E-state index contributed by atoms with van der Waals surface area (Å²) in [5, 5.41) is 0. The molecule has 6 heteroatoms. The number of benzene rings is 1. The van der Waals surface area contributed by atoms with Crippen molar-refractivity contribution in [3.8, 4) is 5.75 Å². The lowest BCUT2D eigenvalue weighted by Crippen LogP contribution is -2.58. The minimum absolute atomic E-state index is 0.264. The number of anilines is 1. The van der Waals surface area contributed by atoms with E-state index in [9.17, 15) is 0 Å². The largest absolute Gasteiger partial charge is 0.489 e. The SMILES string of the molecule is C=C(C)COc1cccc(N2C(N)=NC(N)=NC23CCCCC3)c1. The lowest BCUT2D eigenvalue weighted by atomic mass is 9.87. The summed E-state index contributed by atoms with van der Waals surface area (Å²) >= 11 is 0. The van der Waals surface area contributed by atoms with Gasteiger partial charge in [-0.25, -0.2) is 4.99 Å². The second-order valence-corrected chi connectivity index (χ2v) is 6.56. The quantitative estimate of drug-likeness (QED) is 0.832. The Balaban J connectivity index is 1.95. The van der Waals surface area contributed by atoms with E-state index in [0.717, 1.165) is 42.7 Å². The van der Waals surface area contributed by atoms with E-state index in [1.165, 1.54) is 6.42 Å². The van der Waals surface area contributed by atoms with Crippen LogP contribution in [0.25, 0.3) is 0 Å². The monoisotopic (exact) mass is 327 g/mol. The topological polar surface area (TPSA) is 89.2 Å². The Morgan fingerprint density at radius 2 is 2.04 bits per heavy atom. The molecule has 128 valence electrons. The van der Waals surface area contributed by atoms with Crippen molar-refractivity contribution in [1.29, 1.82) is 0 Å². The zero-order valence-electron chi connectivity index (χ0n) is 14.2.